The third kappa shape index (κ3) is 3.55. The summed E-state index contributed by atoms with van der Waals surface area (Å²) < 4.78 is 0. The number of nitrogens with one attached hydrogen (secondary N) is 1. The first-order valence-electron chi connectivity index (χ1n) is 13.0. The number of non-ortho nitro benzene ring substituents is 1. The monoisotopic (exact) mass is 509 g/mol. The summed E-state index contributed by atoms with van der Waals surface area (Å²) in [5, 5.41) is 13.8. The highest BCUT2D eigenvalue weighted by Gasteiger charge is 2.62. The fourth-order valence-electron chi connectivity index (χ4n) is 6.67. The summed E-state index contributed by atoms with van der Waals surface area (Å²) in [4.78, 5) is 53.4. The summed E-state index contributed by atoms with van der Waals surface area (Å²) >= 11 is 0. The molecule has 3 aliphatic carbocycles. The van der Waals surface area contributed by atoms with E-state index < -0.39 is 28.7 Å². The molecule has 2 bridgehead atoms. The van der Waals surface area contributed by atoms with Crippen LogP contribution in [0.3, 0.4) is 0 Å². The minimum atomic E-state index is -0.957. The quantitative estimate of drug-likeness (QED) is 0.274. The molecule has 3 unspecified atom stereocenters. The number of benzene rings is 3. The molecule has 0 spiro atoms. The van der Waals surface area contributed by atoms with Crippen LogP contribution in [-0.4, -0.2) is 33.6 Å². The van der Waals surface area contributed by atoms with Gasteiger partial charge in [-0.1, -0.05) is 68.3 Å². The molecule has 3 amide bonds. The first kappa shape index (κ1) is 24.0. The summed E-state index contributed by atoms with van der Waals surface area (Å²) in [6, 6.07) is 20.6. The van der Waals surface area contributed by atoms with Crippen LogP contribution in [0.5, 0.6) is 0 Å². The van der Waals surface area contributed by atoms with E-state index in [-0.39, 0.29) is 29.3 Å². The molecule has 38 heavy (non-hydrogen) atoms. The van der Waals surface area contributed by atoms with Crippen molar-refractivity contribution in [2.75, 3.05) is 5.32 Å². The van der Waals surface area contributed by atoms with Gasteiger partial charge in [0.1, 0.15) is 6.04 Å². The fraction of sp³-hybridized carbons (Fsp3) is 0.300. The molecule has 8 nitrogen and oxygen atoms in total. The zero-order chi connectivity index (χ0) is 26.6. The van der Waals surface area contributed by atoms with Crippen LogP contribution < -0.4 is 5.32 Å². The van der Waals surface area contributed by atoms with Gasteiger partial charge in [-0.05, 0) is 40.8 Å². The molecular weight excluding hydrogens is 482 g/mol. The second-order valence-corrected chi connectivity index (χ2v) is 10.3. The van der Waals surface area contributed by atoms with E-state index in [1.165, 1.54) is 29.2 Å². The molecule has 0 saturated carbocycles. The number of anilines is 1. The Morgan fingerprint density at radius 3 is 1.76 bits per heavy atom. The molecule has 1 N–H and O–H groups in total. The zero-order valence-corrected chi connectivity index (χ0v) is 20.9. The number of imide groups is 1. The van der Waals surface area contributed by atoms with E-state index in [4.69, 9.17) is 0 Å². The average Bonchev–Trinajstić information content (AvgIpc) is 3.19. The van der Waals surface area contributed by atoms with Crippen molar-refractivity contribution >= 4 is 29.1 Å². The second kappa shape index (κ2) is 9.20. The minimum Gasteiger partial charge on any atom is -0.324 e. The number of carbonyl (C=O) groups excluding carboxylic acids is 3. The molecule has 7 rings (SSSR count). The van der Waals surface area contributed by atoms with Gasteiger partial charge >= 0.3 is 0 Å². The maximum Gasteiger partial charge on any atom is 0.269 e. The molecule has 4 aliphatic rings. The van der Waals surface area contributed by atoms with E-state index >= 15 is 0 Å². The number of likely N-dealkylation sites (tertiary alicyclic amines) is 1. The number of nitro groups is 1. The standard InChI is InChI=1S/C30H27N3O5/c1-2-3-12-23(28(34)31-17-13-15-18(16-14-17)33(37)38)32-29(35)26-24-19-8-4-5-9-20(19)25(27(26)30(32)36)22-11-7-6-10-21(22)24/h4-11,13-16,23-27H,2-3,12H2,1H3,(H,31,34). The van der Waals surface area contributed by atoms with E-state index in [9.17, 15) is 24.5 Å². The number of nitro benzene ring substituents is 1. The van der Waals surface area contributed by atoms with Crippen LogP contribution in [0.15, 0.2) is 72.8 Å². The maximum absolute atomic E-state index is 14.1. The van der Waals surface area contributed by atoms with Crippen molar-refractivity contribution < 1.29 is 19.3 Å². The van der Waals surface area contributed by atoms with Crippen molar-refractivity contribution in [3.8, 4) is 0 Å². The molecule has 192 valence electrons. The smallest absolute Gasteiger partial charge is 0.269 e. The lowest BCUT2D eigenvalue weighted by molar-refractivity contribution is -0.384. The van der Waals surface area contributed by atoms with Crippen LogP contribution in [0.2, 0.25) is 0 Å². The maximum atomic E-state index is 14.1. The Bertz CT molecular complexity index is 1350. The molecule has 1 heterocycles. The number of nitrogens with zero attached hydrogens (tertiary/aromatic N) is 2. The van der Waals surface area contributed by atoms with Crippen molar-refractivity contribution in [1.82, 2.24) is 4.90 Å². The van der Waals surface area contributed by atoms with Crippen molar-refractivity contribution in [3.05, 3.63) is 105 Å². The molecule has 0 aromatic heterocycles. The Balaban J connectivity index is 1.36. The Hall–Kier alpha value is -4.33. The van der Waals surface area contributed by atoms with Gasteiger partial charge in [-0.3, -0.25) is 29.4 Å². The van der Waals surface area contributed by atoms with Gasteiger partial charge in [0.15, 0.2) is 0 Å². The number of carbonyl (C=O) groups is 3. The van der Waals surface area contributed by atoms with Gasteiger partial charge in [0.25, 0.3) is 5.69 Å². The van der Waals surface area contributed by atoms with Crippen LogP contribution >= 0.6 is 0 Å². The number of hydrogen-bond donors (Lipinski definition) is 1. The van der Waals surface area contributed by atoms with Gasteiger partial charge in [-0.25, -0.2) is 0 Å². The fourth-order valence-corrected chi connectivity index (χ4v) is 6.67. The Labute approximate surface area is 219 Å². The topological polar surface area (TPSA) is 110 Å². The third-order valence-electron chi connectivity index (χ3n) is 8.27. The minimum absolute atomic E-state index is 0.0888. The van der Waals surface area contributed by atoms with Crippen LogP contribution in [-0.2, 0) is 14.4 Å². The molecule has 3 aromatic carbocycles. The van der Waals surface area contributed by atoms with Gasteiger partial charge in [-0.2, -0.15) is 0 Å². The van der Waals surface area contributed by atoms with Crippen LogP contribution in [0.1, 0.15) is 60.3 Å². The van der Waals surface area contributed by atoms with Crippen molar-refractivity contribution in [2.45, 2.75) is 44.1 Å². The van der Waals surface area contributed by atoms with E-state index in [2.05, 4.69) is 29.6 Å². The van der Waals surface area contributed by atoms with Gasteiger partial charge in [-0.15, -0.1) is 0 Å². The van der Waals surface area contributed by atoms with E-state index in [0.29, 0.717) is 18.5 Å². The predicted octanol–water partition coefficient (Wildman–Crippen LogP) is 4.98. The highest BCUT2D eigenvalue weighted by Crippen LogP contribution is 2.61. The summed E-state index contributed by atoms with van der Waals surface area (Å²) in [5.74, 6) is -2.61. The lowest BCUT2D eigenvalue weighted by Crippen LogP contribution is -2.48. The summed E-state index contributed by atoms with van der Waals surface area (Å²) in [7, 11) is 0. The molecule has 0 radical (unpaired) electrons. The zero-order valence-electron chi connectivity index (χ0n) is 20.9. The summed E-state index contributed by atoms with van der Waals surface area (Å²) in [6.45, 7) is 1.99. The Kier molecular flexibility index (Phi) is 5.82. The molecule has 1 saturated heterocycles. The van der Waals surface area contributed by atoms with Crippen molar-refractivity contribution in [1.29, 1.82) is 0 Å². The third-order valence-corrected chi connectivity index (χ3v) is 8.27. The van der Waals surface area contributed by atoms with E-state index in [0.717, 1.165) is 28.7 Å². The number of amides is 3. The Morgan fingerprint density at radius 1 is 0.868 bits per heavy atom. The molecule has 3 aromatic rings. The van der Waals surface area contributed by atoms with Gasteiger partial charge < -0.3 is 5.32 Å². The van der Waals surface area contributed by atoms with Crippen molar-refractivity contribution in [3.63, 3.8) is 0 Å². The number of hydrogen-bond acceptors (Lipinski definition) is 5. The predicted molar refractivity (Wildman–Crippen MR) is 140 cm³/mol. The van der Waals surface area contributed by atoms with E-state index in [1.807, 2.05) is 31.2 Å². The number of rotatable bonds is 7. The normalized spacial score (nSPS) is 23.4. The van der Waals surface area contributed by atoms with Gasteiger partial charge in [0.2, 0.25) is 17.7 Å². The van der Waals surface area contributed by atoms with Crippen LogP contribution in [0.25, 0.3) is 0 Å². The highest BCUT2D eigenvalue weighted by atomic mass is 16.6. The molecule has 3 atom stereocenters. The molecule has 8 heteroatoms. The SMILES string of the molecule is CCCCC(C(=O)Nc1ccc([N+](=O)[O-])cc1)N1C(=O)C2C3c4ccccc4C(c4ccccc43)C2C1=O. The second-order valence-electron chi connectivity index (χ2n) is 10.3. The number of unbranched alkanes of at least 4 members (excludes halogenated alkanes) is 1. The molecule has 1 aliphatic heterocycles. The highest BCUT2D eigenvalue weighted by molar-refractivity contribution is 6.11. The van der Waals surface area contributed by atoms with Gasteiger partial charge in [0, 0.05) is 29.7 Å². The molecule has 1 fully saturated rings. The largest absolute Gasteiger partial charge is 0.324 e. The van der Waals surface area contributed by atoms with E-state index in [1.54, 1.807) is 0 Å². The van der Waals surface area contributed by atoms with Gasteiger partial charge in [0.05, 0.1) is 16.8 Å². The average molecular weight is 510 g/mol. The molecular formula is C30H27N3O5. The van der Waals surface area contributed by atoms with Crippen LogP contribution in [0.4, 0.5) is 11.4 Å². The Morgan fingerprint density at radius 2 is 1.34 bits per heavy atom. The van der Waals surface area contributed by atoms with Crippen LogP contribution in [0, 0.1) is 22.0 Å². The summed E-state index contributed by atoms with van der Waals surface area (Å²) in [5.41, 5.74) is 4.62. The lowest BCUT2D eigenvalue weighted by Gasteiger charge is -2.45. The lowest BCUT2D eigenvalue weighted by atomic mass is 9.55. The van der Waals surface area contributed by atoms with Crippen molar-refractivity contribution in [2.24, 2.45) is 11.8 Å². The first-order valence-corrected chi connectivity index (χ1v) is 13.0. The first-order chi connectivity index (χ1) is 18.4. The summed E-state index contributed by atoms with van der Waals surface area (Å²) in [6.07, 6.45) is 1.81.